The van der Waals surface area contributed by atoms with Crippen LogP contribution < -0.4 is 15.8 Å². The third-order valence-electron chi connectivity index (χ3n) is 2.34. The van der Waals surface area contributed by atoms with Gasteiger partial charge in [0.15, 0.2) is 0 Å². The summed E-state index contributed by atoms with van der Waals surface area (Å²) >= 11 is 3.37. The van der Waals surface area contributed by atoms with Gasteiger partial charge >= 0.3 is 0 Å². The molecule has 0 aliphatic carbocycles. The number of carbonyl (C=O) groups excluding carboxylic acids is 1. The predicted molar refractivity (Wildman–Crippen MR) is 84.1 cm³/mol. The number of amides is 1. The zero-order valence-corrected chi connectivity index (χ0v) is 13.5. The Morgan fingerprint density at radius 1 is 1.53 bits per heavy atom. The summed E-state index contributed by atoms with van der Waals surface area (Å²) in [5.41, 5.74) is 6.31. The first kappa shape index (κ1) is 18.2. The van der Waals surface area contributed by atoms with Gasteiger partial charge in [-0.3, -0.25) is 4.79 Å². The molecule has 0 fully saturated rings. The number of rotatable bonds is 6. The summed E-state index contributed by atoms with van der Waals surface area (Å²) in [6.07, 6.45) is 1.09. The summed E-state index contributed by atoms with van der Waals surface area (Å²) in [6.45, 7) is 4.35. The third kappa shape index (κ3) is 6.80. The van der Waals surface area contributed by atoms with Gasteiger partial charge in [0, 0.05) is 16.9 Å². The fourth-order valence-electron chi connectivity index (χ4n) is 1.45. The summed E-state index contributed by atoms with van der Waals surface area (Å²) in [6, 6.07) is 5.56. The number of halogens is 2. The first-order chi connectivity index (χ1) is 8.52. The highest BCUT2D eigenvalue weighted by molar-refractivity contribution is 9.10. The van der Waals surface area contributed by atoms with E-state index >= 15 is 0 Å². The molecule has 0 aromatic heterocycles. The van der Waals surface area contributed by atoms with E-state index in [0.29, 0.717) is 30.9 Å². The highest BCUT2D eigenvalue weighted by Gasteiger charge is 2.09. The summed E-state index contributed by atoms with van der Waals surface area (Å²) < 4.78 is 6.39. The Bertz CT molecular complexity index is 414. The van der Waals surface area contributed by atoms with Gasteiger partial charge in [-0.05, 0) is 38.5 Å². The molecular weight excluding hydrogens is 332 g/mol. The van der Waals surface area contributed by atoms with Crippen LogP contribution in [0, 0.1) is 0 Å². The number of anilines is 1. The fraction of sp³-hybridized carbons (Fsp3) is 0.462. The Balaban J connectivity index is 0.00000324. The number of nitrogens with one attached hydrogen (secondary N) is 1. The van der Waals surface area contributed by atoms with E-state index in [4.69, 9.17) is 10.5 Å². The maximum atomic E-state index is 11.7. The SMILES string of the molecule is CCOc1cc(Br)ccc1NC(=O)CCC(C)N.Cl. The van der Waals surface area contributed by atoms with Gasteiger partial charge in [0.1, 0.15) is 5.75 Å². The highest BCUT2D eigenvalue weighted by atomic mass is 79.9. The minimum atomic E-state index is -0.0458. The smallest absolute Gasteiger partial charge is 0.224 e. The van der Waals surface area contributed by atoms with E-state index in [1.165, 1.54) is 0 Å². The summed E-state index contributed by atoms with van der Waals surface area (Å²) in [5, 5.41) is 2.84. The molecule has 0 spiro atoms. The van der Waals surface area contributed by atoms with Crippen molar-refractivity contribution in [3.8, 4) is 5.75 Å². The molecule has 1 atom stereocenters. The van der Waals surface area contributed by atoms with Crippen LogP contribution >= 0.6 is 28.3 Å². The number of ether oxygens (including phenoxy) is 1. The number of nitrogens with two attached hydrogens (primary N) is 1. The van der Waals surface area contributed by atoms with Crippen molar-refractivity contribution >= 4 is 39.9 Å². The van der Waals surface area contributed by atoms with Gasteiger partial charge in [-0.15, -0.1) is 12.4 Å². The molecule has 0 aliphatic heterocycles. The Morgan fingerprint density at radius 2 is 2.21 bits per heavy atom. The van der Waals surface area contributed by atoms with Crippen LogP contribution in [0.1, 0.15) is 26.7 Å². The van der Waals surface area contributed by atoms with Crippen molar-refractivity contribution in [1.82, 2.24) is 0 Å². The Morgan fingerprint density at radius 3 is 2.79 bits per heavy atom. The normalized spacial score (nSPS) is 11.4. The van der Waals surface area contributed by atoms with Gasteiger partial charge < -0.3 is 15.8 Å². The van der Waals surface area contributed by atoms with Crippen LogP contribution in [0.15, 0.2) is 22.7 Å². The molecule has 0 bridgehead atoms. The molecule has 108 valence electrons. The first-order valence-electron chi connectivity index (χ1n) is 6.00. The molecule has 19 heavy (non-hydrogen) atoms. The quantitative estimate of drug-likeness (QED) is 0.826. The standard InChI is InChI=1S/C13H19BrN2O2.ClH/c1-3-18-12-8-10(14)5-6-11(12)16-13(17)7-4-9(2)15;/h5-6,8-9H,3-4,7,15H2,1-2H3,(H,16,17);1H. The molecule has 0 saturated carbocycles. The van der Waals surface area contributed by atoms with Crippen LogP contribution in [0.4, 0.5) is 5.69 Å². The topological polar surface area (TPSA) is 64.3 Å². The maximum Gasteiger partial charge on any atom is 0.224 e. The summed E-state index contributed by atoms with van der Waals surface area (Å²) in [7, 11) is 0. The van der Waals surface area contributed by atoms with Crippen LogP contribution in [0.2, 0.25) is 0 Å². The molecule has 0 saturated heterocycles. The zero-order chi connectivity index (χ0) is 13.5. The lowest BCUT2D eigenvalue weighted by Crippen LogP contribution is -2.19. The van der Waals surface area contributed by atoms with E-state index in [-0.39, 0.29) is 24.4 Å². The van der Waals surface area contributed by atoms with E-state index < -0.39 is 0 Å². The molecule has 1 amide bonds. The molecule has 0 heterocycles. The molecule has 1 unspecified atom stereocenters. The lowest BCUT2D eigenvalue weighted by Gasteiger charge is -2.12. The van der Waals surface area contributed by atoms with Gasteiger partial charge in [-0.2, -0.15) is 0 Å². The van der Waals surface area contributed by atoms with Crippen LogP contribution in [0.3, 0.4) is 0 Å². The molecule has 4 nitrogen and oxygen atoms in total. The number of hydrogen-bond donors (Lipinski definition) is 2. The number of hydrogen-bond acceptors (Lipinski definition) is 3. The van der Waals surface area contributed by atoms with Crippen molar-refractivity contribution in [2.24, 2.45) is 5.73 Å². The maximum absolute atomic E-state index is 11.7. The molecule has 3 N–H and O–H groups in total. The molecule has 1 aromatic rings. The molecule has 1 aromatic carbocycles. The van der Waals surface area contributed by atoms with Gasteiger partial charge in [0.2, 0.25) is 5.91 Å². The Kier molecular flexibility index (Phi) is 8.80. The monoisotopic (exact) mass is 350 g/mol. The van der Waals surface area contributed by atoms with Crippen LogP contribution in [-0.4, -0.2) is 18.6 Å². The fourth-order valence-corrected chi connectivity index (χ4v) is 1.79. The number of carbonyl (C=O) groups is 1. The number of benzene rings is 1. The molecular formula is C13H20BrClN2O2. The second-order valence-corrected chi connectivity index (χ2v) is 5.05. The summed E-state index contributed by atoms with van der Waals surface area (Å²) in [4.78, 5) is 11.7. The molecule has 1 rings (SSSR count). The van der Waals surface area contributed by atoms with Crippen molar-refractivity contribution in [3.05, 3.63) is 22.7 Å². The van der Waals surface area contributed by atoms with Gasteiger partial charge in [-0.1, -0.05) is 15.9 Å². The second kappa shape index (κ2) is 9.18. The van der Waals surface area contributed by atoms with Gasteiger partial charge in [0.05, 0.1) is 12.3 Å². The highest BCUT2D eigenvalue weighted by Crippen LogP contribution is 2.28. The zero-order valence-electron chi connectivity index (χ0n) is 11.1. The van der Waals surface area contributed by atoms with E-state index in [1.54, 1.807) is 0 Å². The van der Waals surface area contributed by atoms with Crippen molar-refractivity contribution in [3.63, 3.8) is 0 Å². The predicted octanol–water partition coefficient (Wildman–Crippen LogP) is 3.34. The molecule has 0 radical (unpaired) electrons. The van der Waals surface area contributed by atoms with Gasteiger partial charge in [0.25, 0.3) is 0 Å². The molecule has 6 heteroatoms. The van der Waals surface area contributed by atoms with E-state index in [2.05, 4.69) is 21.2 Å². The van der Waals surface area contributed by atoms with E-state index in [1.807, 2.05) is 32.0 Å². The van der Waals surface area contributed by atoms with Crippen molar-refractivity contribution < 1.29 is 9.53 Å². The van der Waals surface area contributed by atoms with Crippen LogP contribution in [0.5, 0.6) is 5.75 Å². The first-order valence-corrected chi connectivity index (χ1v) is 6.80. The minimum Gasteiger partial charge on any atom is -0.492 e. The van der Waals surface area contributed by atoms with Crippen molar-refractivity contribution in [2.75, 3.05) is 11.9 Å². The Labute approximate surface area is 128 Å². The summed E-state index contributed by atoms with van der Waals surface area (Å²) in [5.74, 6) is 0.622. The van der Waals surface area contributed by atoms with E-state index in [0.717, 1.165) is 4.47 Å². The van der Waals surface area contributed by atoms with E-state index in [9.17, 15) is 4.79 Å². The third-order valence-corrected chi connectivity index (χ3v) is 2.84. The largest absolute Gasteiger partial charge is 0.492 e. The minimum absolute atomic E-state index is 0. The Hall–Kier alpha value is -0.780. The van der Waals surface area contributed by atoms with Crippen LogP contribution in [-0.2, 0) is 4.79 Å². The van der Waals surface area contributed by atoms with Crippen molar-refractivity contribution in [1.29, 1.82) is 0 Å². The molecule has 0 aliphatic rings. The van der Waals surface area contributed by atoms with Crippen LogP contribution in [0.25, 0.3) is 0 Å². The lowest BCUT2D eigenvalue weighted by molar-refractivity contribution is -0.116. The second-order valence-electron chi connectivity index (χ2n) is 4.14. The average molecular weight is 352 g/mol. The van der Waals surface area contributed by atoms with Gasteiger partial charge in [-0.25, -0.2) is 0 Å². The average Bonchev–Trinajstić information content (AvgIpc) is 2.30. The van der Waals surface area contributed by atoms with Crippen molar-refractivity contribution in [2.45, 2.75) is 32.7 Å². The lowest BCUT2D eigenvalue weighted by atomic mass is 10.2.